The van der Waals surface area contributed by atoms with E-state index in [4.69, 9.17) is 4.42 Å². The van der Waals surface area contributed by atoms with E-state index in [1.165, 1.54) is 0 Å². The summed E-state index contributed by atoms with van der Waals surface area (Å²) < 4.78 is 5.20. The van der Waals surface area contributed by atoms with Gasteiger partial charge in [-0.15, -0.1) is 0 Å². The van der Waals surface area contributed by atoms with Crippen LogP contribution in [-0.2, 0) is 6.54 Å². The molecule has 19 heavy (non-hydrogen) atoms. The molecule has 0 fully saturated rings. The number of aromatic amines is 1. The van der Waals surface area contributed by atoms with E-state index in [0.29, 0.717) is 12.1 Å². The minimum Gasteiger partial charge on any atom is -0.467 e. The van der Waals surface area contributed by atoms with Gasteiger partial charge in [0.15, 0.2) is 0 Å². The molecule has 0 saturated heterocycles. The Morgan fingerprint density at radius 3 is 2.89 bits per heavy atom. The molecule has 1 amide bonds. The Morgan fingerprint density at radius 2 is 2.11 bits per heavy atom. The summed E-state index contributed by atoms with van der Waals surface area (Å²) in [6.45, 7) is 2.30. The van der Waals surface area contributed by atoms with Gasteiger partial charge >= 0.3 is 0 Å². The number of hydrogen-bond acceptors (Lipinski definition) is 2. The summed E-state index contributed by atoms with van der Waals surface area (Å²) in [5.41, 5.74) is 2.54. The molecule has 0 aliphatic carbocycles. The lowest BCUT2D eigenvalue weighted by atomic mass is 10.1. The van der Waals surface area contributed by atoms with Crippen molar-refractivity contribution in [3.8, 4) is 0 Å². The number of para-hydroxylation sites is 1. The van der Waals surface area contributed by atoms with E-state index in [2.05, 4.69) is 10.3 Å². The van der Waals surface area contributed by atoms with Crippen molar-refractivity contribution in [1.82, 2.24) is 10.3 Å². The molecule has 1 aromatic carbocycles. The lowest BCUT2D eigenvalue weighted by Crippen LogP contribution is -2.23. The summed E-state index contributed by atoms with van der Waals surface area (Å²) in [5.74, 6) is 0.650. The Morgan fingerprint density at radius 1 is 1.26 bits per heavy atom. The molecule has 0 spiro atoms. The molecule has 4 heteroatoms. The van der Waals surface area contributed by atoms with E-state index in [1.54, 1.807) is 12.3 Å². The number of aryl methyl sites for hydroxylation is 1. The van der Waals surface area contributed by atoms with E-state index in [1.807, 2.05) is 37.3 Å². The van der Waals surface area contributed by atoms with E-state index < -0.39 is 0 Å². The Bertz CT molecular complexity index is 711. The highest BCUT2D eigenvalue weighted by atomic mass is 16.3. The zero-order chi connectivity index (χ0) is 13.2. The highest BCUT2D eigenvalue weighted by molar-refractivity contribution is 6.08. The molecular weight excluding hydrogens is 240 g/mol. The zero-order valence-corrected chi connectivity index (χ0v) is 10.6. The maximum absolute atomic E-state index is 12.3. The Balaban J connectivity index is 1.87. The monoisotopic (exact) mass is 254 g/mol. The first-order valence-corrected chi connectivity index (χ1v) is 6.13. The largest absolute Gasteiger partial charge is 0.467 e. The fraction of sp³-hybridized carbons (Fsp3) is 0.133. The fourth-order valence-electron chi connectivity index (χ4n) is 2.24. The van der Waals surface area contributed by atoms with Crippen LogP contribution in [0.5, 0.6) is 0 Å². The number of carbonyl (C=O) groups excluding carboxylic acids is 1. The molecule has 2 aromatic heterocycles. The summed E-state index contributed by atoms with van der Waals surface area (Å²) >= 11 is 0. The molecule has 4 nitrogen and oxygen atoms in total. The number of rotatable bonds is 3. The third-order valence-electron chi connectivity index (χ3n) is 3.12. The van der Waals surface area contributed by atoms with Crippen molar-refractivity contribution in [2.75, 3.05) is 0 Å². The molecule has 0 aliphatic heterocycles. The van der Waals surface area contributed by atoms with Crippen molar-refractivity contribution < 1.29 is 9.21 Å². The lowest BCUT2D eigenvalue weighted by Gasteiger charge is -2.03. The van der Waals surface area contributed by atoms with Crippen LogP contribution in [0.3, 0.4) is 0 Å². The number of furan rings is 1. The predicted octanol–water partition coefficient (Wildman–Crippen LogP) is 3.00. The second-order valence-electron chi connectivity index (χ2n) is 4.43. The molecule has 3 rings (SSSR count). The van der Waals surface area contributed by atoms with E-state index in [0.717, 1.165) is 22.4 Å². The second kappa shape index (κ2) is 4.65. The standard InChI is InChI=1S/C15H14N2O2/c1-10-14(12-6-2-3-7-13(12)17-10)15(18)16-9-11-5-4-8-19-11/h2-8,17H,9H2,1H3,(H,16,18). The van der Waals surface area contributed by atoms with Crippen molar-refractivity contribution >= 4 is 16.8 Å². The van der Waals surface area contributed by atoms with Gasteiger partial charge in [-0.1, -0.05) is 18.2 Å². The molecule has 3 aromatic rings. The van der Waals surface area contributed by atoms with Gasteiger partial charge < -0.3 is 14.7 Å². The first-order chi connectivity index (χ1) is 9.25. The number of fused-ring (bicyclic) bond motifs is 1. The third-order valence-corrected chi connectivity index (χ3v) is 3.12. The number of benzene rings is 1. The smallest absolute Gasteiger partial charge is 0.254 e. The zero-order valence-electron chi connectivity index (χ0n) is 10.6. The molecule has 2 heterocycles. The van der Waals surface area contributed by atoms with Crippen molar-refractivity contribution in [2.24, 2.45) is 0 Å². The predicted molar refractivity (Wildman–Crippen MR) is 72.9 cm³/mol. The first kappa shape index (κ1) is 11.6. The van der Waals surface area contributed by atoms with Crippen LogP contribution in [0.15, 0.2) is 47.1 Å². The molecule has 0 saturated carbocycles. The quantitative estimate of drug-likeness (QED) is 0.754. The van der Waals surface area contributed by atoms with Gasteiger partial charge in [-0.2, -0.15) is 0 Å². The van der Waals surface area contributed by atoms with Gasteiger partial charge in [0.2, 0.25) is 0 Å². The molecule has 0 aliphatic rings. The van der Waals surface area contributed by atoms with Crippen LogP contribution < -0.4 is 5.32 Å². The van der Waals surface area contributed by atoms with Crippen LogP contribution in [0.25, 0.3) is 10.9 Å². The van der Waals surface area contributed by atoms with Crippen molar-refractivity contribution in [3.05, 3.63) is 59.7 Å². The summed E-state index contributed by atoms with van der Waals surface area (Å²) in [6, 6.07) is 11.4. The van der Waals surface area contributed by atoms with E-state index in [9.17, 15) is 4.79 Å². The minimum absolute atomic E-state index is 0.0913. The van der Waals surface area contributed by atoms with Gasteiger partial charge in [0.1, 0.15) is 5.76 Å². The number of amides is 1. The molecule has 0 radical (unpaired) electrons. The molecule has 0 atom stereocenters. The van der Waals surface area contributed by atoms with Crippen LogP contribution in [-0.4, -0.2) is 10.9 Å². The van der Waals surface area contributed by atoms with Gasteiger partial charge in [-0.3, -0.25) is 4.79 Å². The normalized spacial score (nSPS) is 10.8. The summed E-state index contributed by atoms with van der Waals surface area (Å²) in [7, 11) is 0. The number of carbonyl (C=O) groups is 1. The number of H-pyrrole nitrogens is 1. The van der Waals surface area contributed by atoms with Crippen LogP contribution in [0.1, 0.15) is 21.8 Å². The second-order valence-corrected chi connectivity index (χ2v) is 4.43. The van der Waals surface area contributed by atoms with Crippen molar-refractivity contribution in [3.63, 3.8) is 0 Å². The summed E-state index contributed by atoms with van der Waals surface area (Å²) in [6.07, 6.45) is 1.60. The molecule has 2 N–H and O–H groups in total. The summed E-state index contributed by atoms with van der Waals surface area (Å²) in [5, 5.41) is 3.81. The average molecular weight is 254 g/mol. The molecule has 0 unspecified atom stereocenters. The first-order valence-electron chi connectivity index (χ1n) is 6.13. The minimum atomic E-state index is -0.0913. The molecule has 96 valence electrons. The van der Waals surface area contributed by atoms with Gasteiger partial charge in [-0.05, 0) is 25.1 Å². The van der Waals surface area contributed by atoms with E-state index >= 15 is 0 Å². The highest BCUT2D eigenvalue weighted by Crippen LogP contribution is 2.21. The van der Waals surface area contributed by atoms with Gasteiger partial charge in [0.05, 0.1) is 18.4 Å². The van der Waals surface area contributed by atoms with Crippen LogP contribution >= 0.6 is 0 Å². The van der Waals surface area contributed by atoms with Gasteiger partial charge in [0, 0.05) is 16.6 Å². The third kappa shape index (κ3) is 2.12. The Hall–Kier alpha value is -2.49. The lowest BCUT2D eigenvalue weighted by molar-refractivity contribution is 0.0949. The van der Waals surface area contributed by atoms with Crippen molar-refractivity contribution in [2.45, 2.75) is 13.5 Å². The van der Waals surface area contributed by atoms with Gasteiger partial charge in [-0.25, -0.2) is 0 Å². The highest BCUT2D eigenvalue weighted by Gasteiger charge is 2.15. The van der Waals surface area contributed by atoms with Gasteiger partial charge in [0.25, 0.3) is 5.91 Å². The summed E-state index contributed by atoms with van der Waals surface area (Å²) in [4.78, 5) is 15.5. The Kier molecular flexibility index (Phi) is 2.83. The number of hydrogen-bond donors (Lipinski definition) is 2. The molecular formula is C15H14N2O2. The van der Waals surface area contributed by atoms with Crippen molar-refractivity contribution in [1.29, 1.82) is 0 Å². The number of aromatic nitrogens is 1. The van der Waals surface area contributed by atoms with Crippen LogP contribution in [0.4, 0.5) is 0 Å². The van der Waals surface area contributed by atoms with Crippen LogP contribution in [0, 0.1) is 6.92 Å². The maximum atomic E-state index is 12.3. The topological polar surface area (TPSA) is 58.0 Å². The van der Waals surface area contributed by atoms with Crippen LogP contribution in [0.2, 0.25) is 0 Å². The average Bonchev–Trinajstić information content (AvgIpc) is 3.02. The molecule has 0 bridgehead atoms. The Labute approximate surface area is 110 Å². The maximum Gasteiger partial charge on any atom is 0.254 e. The SMILES string of the molecule is Cc1[nH]c2ccccc2c1C(=O)NCc1ccco1. The van der Waals surface area contributed by atoms with E-state index in [-0.39, 0.29) is 5.91 Å². The fourth-order valence-corrected chi connectivity index (χ4v) is 2.24. The number of nitrogens with one attached hydrogen (secondary N) is 2.